The van der Waals surface area contributed by atoms with Gasteiger partial charge in [0.2, 0.25) is 5.91 Å². The molecule has 3 aromatic rings. The van der Waals surface area contributed by atoms with E-state index in [2.05, 4.69) is 11.1 Å². The van der Waals surface area contributed by atoms with Crippen molar-refractivity contribution in [2.75, 3.05) is 13.1 Å². The molecule has 0 unspecified atom stereocenters. The Hall–Kier alpha value is -3.36. The lowest BCUT2D eigenvalue weighted by Crippen LogP contribution is -2.41. The van der Waals surface area contributed by atoms with Crippen LogP contribution in [0.3, 0.4) is 0 Å². The molecule has 0 atom stereocenters. The van der Waals surface area contributed by atoms with E-state index in [-0.39, 0.29) is 12.0 Å². The Balaban J connectivity index is 1.74. The molecule has 0 spiro atoms. The average Bonchev–Trinajstić information content (AvgIpc) is 3.14. The molecule has 1 fully saturated rings. The number of aromatic nitrogens is 4. The Labute approximate surface area is 185 Å². The highest BCUT2D eigenvalue weighted by Crippen LogP contribution is 2.24. The van der Waals surface area contributed by atoms with Gasteiger partial charge in [-0.05, 0) is 12.5 Å². The smallest absolute Gasteiger partial charge is 0.332 e. The lowest BCUT2D eigenvalue weighted by Gasteiger charge is -2.31. The number of fused-ring (bicyclic) bond motifs is 1. The summed E-state index contributed by atoms with van der Waals surface area (Å²) in [6, 6.07) is 8.35. The number of piperidine rings is 1. The fourth-order valence-electron chi connectivity index (χ4n) is 4.25. The van der Waals surface area contributed by atoms with Crippen molar-refractivity contribution in [1.29, 1.82) is 0 Å². The summed E-state index contributed by atoms with van der Waals surface area (Å²) in [4.78, 5) is 43.9. The number of carbonyl (C=O) groups is 1. The van der Waals surface area contributed by atoms with Crippen LogP contribution in [0.4, 0.5) is 0 Å². The molecule has 0 N–H and O–H groups in total. The number of benzene rings is 1. The molecule has 1 saturated heterocycles. The van der Waals surface area contributed by atoms with E-state index in [1.54, 1.807) is 11.6 Å². The molecule has 4 rings (SSSR count). The van der Waals surface area contributed by atoms with Crippen LogP contribution in [0.5, 0.6) is 6.01 Å². The van der Waals surface area contributed by atoms with E-state index >= 15 is 0 Å². The van der Waals surface area contributed by atoms with Crippen LogP contribution in [0, 0.1) is 6.92 Å². The van der Waals surface area contributed by atoms with Crippen molar-refractivity contribution < 1.29 is 9.53 Å². The van der Waals surface area contributed by atoms with Gasteiger partial charge in [0.05, 0.1) is 6.54 Å². The van der Waals surface area contributed by atoms with Gasteiger partial charge in [-0.1, -0.05) is 36.8 Å². The molecule has 1 amide bonds. The van der Waals surface area contributed by atoms with Crippen LogP contribution < -0.4 is 16.0 Å². The van der Waals surface area contributed by atoms with Crippen molar-refractivity contribution in [1.82, 2.24) is 23.6 Å². The number of likely N-dealkylation sites (tertiary alicyclic amines) is 1. The zero-order chi connectivity index (χ0) is 23.0. The lowest BCUT2D eigenvalue weighted by molar-refractivity contribution is -0.132. The molecular formula is C23H29N5O4. The van der Waals surface area contributed by atoms with E-state index in [4.69, 9.17) is 4.74 Å². The maximum Gasteiger partial charge on any atom is 0.332 e. The second-order valence-electron chi connectivity index (χ2n) is 8.40. The van der Waals surface area contributed by atoms with E-state index in [0.29, 0.717) is 56.1 Å². The van der Waals surface area contributed by atoms with Gasteiger partial charge in [0.25, 0.3) is 11.6 Å². The van der Waals surface area contributed by atoms with Gasteiger partial charge >= 0.3 is 5.69 Å². The number of hydrogen-bond acceptors (Lipinski definition) is 5. The van der Waals surface area contributed by atoms with E-state index in [9.17, 15) is 14.4 Å². The van der Waals surface area contributed by atoms with Gasteiger partial charge in [0, 0.05) is 46.4 Å². The monoisotopic (exact) mass is 439 g/mol. The van der Waals surface area contributed by atoms with Crippen molar-refractivity contribution in [3.8, 4) is 6.01 Å². The molecule has 2 aromatic heterocycles. The summed E-state index contributed by atoms with van der Waals surface area (Å²) >= 11 is 0. The lowest BCUT2D eigenvalue weighted by atomic mass is 10.1. The largest absolute Gasteiger partial charge is 0.461 e. The number of aryl methyl sites for hydroxylation is 2. The number of imidazole rings is 1. The molecule has 170 valence electrons. The van der Waals surface area contributed by atoms with Gasteiger partial charge in [-0.3, -0.25) is 23.3 Å². The molecule has 32 heavy (non-hydrogen) atoms. The van der Waals surface area contributed by atoms with Gasteiger partial charge < -0.3 is 9.64 Å². The van der Waals surface area contributed by atoms with Crippen molar-refractivity contribution in [3.05, 3.63) is 56.2 Å². The summed E-state index contributed by atoms with van der Waals surface area (Å²) in [6.45, 7) is 5.55. The molecule has 1 aliphatic heterocycles. The second-order valence-corrected chi connectivity index (χ2v) is 8.40. The third-order valence-electron chi connectivity index (χ3n) is 6.11. The minimum atomic E-state index is -0.430. The van der Waals surface area contributed by atoms with E-state index < -0.39 is 11.2 Å². The maximum absolute atomic E-state index is 13.0. The van der Waals surface area contributed by atoms with Crippen LogP contribution in [0.15, 0.2) is 33.9 Å². The molecule has 3 heterocycles. The third kappa shape index (κ3) is 3.94. The maximum atomic E-state index is 13.0. The Morgan fingerprint density at radius 1 is 1.16 bits per heavy atom. The first-order chi connectivity index (χ1) is 15.3. The van der Waals surface area contributed by atoms with Gasteiger partial charge in [-0.2, -0.15) is 4.98 Å². The van der Waals surface area contributed by atoms with Crippen LogP contribution in [0.2, 0.25) is 0 Å². The average molecular weight is 440 g/mol. The minimum Gasteiger partial charge on any atom is -0.461 e. The van der Waals surface area contributed by atoms with Crippen molar-refractivity contribution in [2.24, 2.45) is 14.1 Å². The van der Waals surface area contributed by atoms with E-state index in [1.165, 1.54) is 11.6 Å². The SMILES string of the molecule is CCC(=O)N1CCC(Oc2nc3c(c(=O)n(C)c(=O)n3C)n2Cc2cccc(C)c2)CC1. The normalized spacial score (nSPS) is 14.8. The Morgan fingerprint density at radius 2 is 1.88 bits per heavy atom. The summed E-state index contributed by atoms with van der Waals surface area (Å²) in [5.41, 5.74) is 1.93. The molecule has 0 saturated carbocycles. The van der Waals surface area contributed by atoms with Gasteiger partial charge in [0.15, 0.2) is 11.2 Å². The molecular weight excluding hydrogens is 410 g/mol. The van der Waals surface area contributed by atoms with Crippen molar-refractivity contribution in [2.45, 2.75) is 45.8 Å². The van der Waals surface area contributed by atoms with Crippen LogP contribution in [0.1, 0.15) is 37.3 Å². The predicted molar refractivity (Wildman–Crippen MR) is 121 cm³/mol. The fourth-order valence-corrected chi connectivity index (χ4v) is 4.25. The number of ether oxygens (including phenoxy) is 1. The summed E-state index contributed by atoms with van der Waals surface area (Å²) in [6.07, 6.45) is 1.76. The highest BCUT2D eigenvalue weighted by atomic mass is 16.5. The molecule has 9 heteroatoms. The predicted octanol–water partition coefficient (Wildman–Crippen LogP) is 1.57. The summed E-state index contributed by atoms with van der Waals surface area (Å²) in [5, 5.41) is 0. The van der Waals surface area contributed by atoms with E-state index in [1.807, 2.05) is 36.9 Å². The molecule has 9 nitrogen and oxygen atoms in total. The van der Waals surface area contributed by atoms with Crippen LogP contribution in [0.25, 0.3) is 11.2 Å². The summed E-state index contributed by atoms with van der Waals surface area (Å²) < 4.78 is 10.5. The Kier molecular flexibility index (Phi) is 5.90. The number of rotatable bonds is 5. The first kappa shape index (κ1) is 21.9. The molecule has 0 aliphatic carbocycles. The van der Waals surface area contributed by atoms with Gasteiger partial charge in [0.1, 0.15) is 6.10 Å². The quantitative estimate of drug-likeness (QED) is 0.602. The fraction of sp³-hybridized carbons (Fsp3) is 0.478. The minimum absolute atomic E-state index is 0.121. The van der Waals surface area contributed by atoms with Gasteiger partial charge in [-0.15, -0.1) is 0 Å². The zero-order valence-electron chi connectivity index (χ0n) is 19.0. The number of nitrogens with zero attached hydrogens (tertiary/aromatic N) is 5. The number of amides is 1. The third-order valence-corrected chi connectivity index (χ3v) is 6.11. The van der Waals surface area contributed by atoms with Crippen LogP contribution in [-0.4, -0.2) is 48.7 Å². The zero-order valence-corrected chi connectivity index (χ0v) is 19.0. The summed E-state index contributed by atoms with van der Waals surface area (Å²) in [7, 11) is 3.07. The highest BCUT2D eigenvalue weighted by Gasteiger charge is 2.26. The molecule has 1 aromatic carbocycles. The highest BCUT2D eigenvalue weighted by molar-refractivity contribution is 5.76. The second kappa shape index (κ2) is 8.64. The van der Waals surface area contributed by atoms with Gasteiger partial charge in [-0.25, -0.2) is 4.79 Å². The van der Waals surface area contributed by atoms with Crippen molar-refractivity contribution >= 4 is 17.1 Å². The number of carbonyl (C=O) groups excluding carboxylic acids is 1. The van der Waals surface area contributed by atoms with Crippen LogP contribution in [-0.2, 0) is 25.4 Å². The van der Waals surface area contributed by atoms with Crippen molar-refractivity contribution in [3.63, 3.8) is 0 Å². The van der Waals surface area contributed by atoms with E-state index in [0.717, 1.165) is 15.7 Å². The molecule has 0 radical (unpaired) electrons. The summed E-state index contributed by atoms with van der Waals surface area (Å²) in [5.74, 6) is 0.147. The Morgan fingerprint density at radius 3 is 2.53 bits per heavy atom. The molecule has 1 aliphatic rings. The topological polar surface area (TPSA) is 91.4 Å². The van der Waals surface area contributed by atoms with Crippen LogP contribution >= 0.6 is 0 Å². The number of hydrogen-bond donors (Lipinski definition) is 0. The Bertz CT molecular complexity index is 1280. The first-order valence-electron chi connectivity index (χ1n) is 11.0. The standard InChI is InChI=1S/C23H29N5O4/c1-5-18(29)27-11-9-17(10-12-27)32-22-24-20-19(21(30)26(4)23(31)25(20)3)28(22)14-16-8-6-7-15(2)13-16/h6-8,13,17H,5,9-12,14H2,1-4H3. The first-order valence-corrected chi connectivity index (χ1v) is 11.0. The molecule has 0 bridgehead atoms.